The highest BCUT2D eigenvalue weighted by molar-refractivity contribution is 7.87. The summed E-state index contributed by atoms with van der Waals surface area (Å²) in [4.78, 5) is 0. The molecule has 1 fully saturated rings. The number of rotatable bonds is 2. The fraction of sp³-hybridized carbons (Fsp3) is 1.00. The van der Waals surface area contributed by atoms with Crippen molar-refractivity contribution in [2.24, 2.45) is 0 Å². The molecule has 24 heavy (non-hydrogen) atoms. The zero-order valence-electron chi connectivity index (χ0n) is 10.1. The van der Waals surface area contributed by atoms with Crippen LogP contribution < -0.4 is 0 Å². The second-order valence-electron chi connectivity index (χ2n) is 4.52. The molecule has 0 saturated heterocycles. The Morgan fingerprint density at radius 1 is 0.667 bits per heavy atom. The molecule has 0 heterocycles. The first kappa shape index (κ1) is 21.0. The standard InChI is InChI=1S/C7HF13O3S/c8-1(4(13,14)7(18,19)20)2(9,10)5(15,16)6(17,3(1,11)12)24(21,22)23/h(H,21,22,23). The van der Waals surface area contributed by atoms with Gasteiger partial charge >= 0.3 is 50.7 Å². The van der Waals surface area contributed by atoms with Gasteiger partial charge in [-0.25, -0.2) is 8.78 Å². The van der Waals surface area contributed by atoms with Gasteiger partial charge in [-0.2, -0.15) is 56.7 Å². The third-order valence-electron chi connectivity index (χ3n) is 3.21. The van der Waals surface area contributed by atoms with Crippen molar-refractivity contribution in [2.75, 3.05) is 0 Å². The molecule has 0 aliphatic heterocycles. The zero-order chi connectivity index (χ0) is 20.0. The van der Waals surface area contributed by atoms with Gasteiger partial charge in [-0.05, 0) is 0 Å². The van der Waals surface area contributed by atoms with E-state index in [4.69, 9.17) is 4.55 Å². The molecule has 0 spiro atoms. The van der Waals surface area contributed by atoms with E-state index in [-0.39, 0.29) is 0 Å². The van der Waals surface area contributed by atoms with Crippen LogP contribution in [0, 0.1) is 0 Å². The molecule has 17 heteroatoms. The van der Waals surface area contributed by atoms with Crippen LogP contribution in [-0.2, 0) is 10.1 Å². The summed E-state index contributed by atoms with van der Waals surface area (Å²) in [6, 6.07) is 0. The van der Waals surface area contributed by atoms with Gasteiger partial charge in [0.15, 0.2) is 0 Å². The van der Waals surface area contributed by atoms with Crippen molar-refractivity contribution in [3.63, 3.8) is 0 Å². The van der Waals surface area contributed by atoms with Gasteiger partial charge in [0.25, 0.3) is 0 Å². The average molecular weight is 412 g/mol. The fourth-order valence-corrected chi connectivity index (χ4v) is 2.86. The van der Waals surface area contributed by atoms with E-state index >= 15 is 0 Å². The summed E-state index contributed by atoms with van der Waals surface area (Å²) in [6.45, 7) is 0. The van der Waals surface area contributed by atoms with Crippen molar-refractivity contribution in [1.29, 1.82) is 0 Å². The van der Waals surface area contributed by atoms with Crippen molar-refractivity contribution >= 4 is 10.1 Å². The van der Waals surface area contributed by atoms with Crippen molar-refractivity contribution in [1.82, 2.24) is 0 Å². The van der Waals surface area contributed by atoms with Crippen LogP contribution in [-0.4, -0.2) is 53.5 Å². The van der Waals surface area contributed by atoms with Gasteiger partial charge < -0.3 is 0 Å². The lowest BCUT2D eigenvalue weighted by molar-refractivity contribution is -0.395. The lowest BCUT2D eigenvalue weighted by Crippen LogP contribution is -2.70. The molecule has 1 aliphatic carbocycles. The summed E-state index contributed by atoms with van der Waals surface area (Å²) >= 11 is 0. The largest absolute Gasteiger partial charge is 0.457 e. The van der Waals surface area contributed by atoms with Crippen LogP contribution in [0.5, 0.6) is 0 Å². The second-order valence-corrected chi connectivity index (χ2v) is 6.04. The number of hydrogen-bond acceptors (Lipinski definition) is 2. The summed E-state index contributed by atoms with van der Waals surface area (Å²) < 4.78 is 196. The second kappa shape index (κ2) is 4.39. The molecule has 0 aromatic rings. The zero-order valence-corrected chi connectivity index (χ0v) is 10.9. The van der Waals surface area contributed by atoms with E-state index in [1.54, 1.807) is 0 Å². The highest BCUT2D eigenvalue weighted by atomic mass is 32.2. The average Bonchev–Trinajstić information content (AvgIpc) is 2.37. The Labute approximate surface area is 122 Å². The Bertz CT molecular complexity index is 651. The van der Waals surface area contributed by atoms with Gasteiger partial charge in [-0.3, -0.25) is 4.55 Å². The first-order valence-electron chi connectivity index (χ1n) is 4.93. The van der Waals surface area contributed by atoms with E-state index in [9.17, 15) is 65.5 Å². The van der Waals surface area contributed by atoms with E-state index in [0.717, 1.165) is 0 Å². The van der Waals surface area contributed by atoms with Crippen LogP contribution in [0.3, 0.4) is 0 Å². The van der Waals surface area contributed by atoms with Gasteiger partial charge in [0.2, 0.25) is 0 Å². The van der Waals surface area contributed by atoms with E-state index in [1.807, 2.05) is 0 Å². The van der Waals surface area contributed by atoms with Crippen LogP contribution in [0.25, 0.3) is 0 Å². The molecule has 0 bridgehead atoms. The Hall–Kier alpha value is -1.00. The van der Waals surface area contributed by atoms with Crippen LogP contribution in [0.2, 0.25) is 0 Å². The monoisotopic (exact) mass is 412 g/mol. The van der Waals surface area contributed by atoms with Gasteiger partial charge in [-0.1, -0.05) is 0 Å². The van der Waals surface area contributed by atoms with E-state index in [2.05, 4.69) is 0 Å². The minimum Gasteiger partial charge on any atom is -0.283 e. The molecule has 2 atom stereocenters. The summed E-state index contributed by atoms with van der Waals surface area (Å²) in [5.74, 6) is -31.7. The maximum atomic E-state index is 13.6. The van der Waals surface area contributed by atoms with E-state index in [0.29, 0.717) is 0 Å². The summed E-state index contributed by atoms with van der Waals surface area (Å²) in [7, 11) is -7.85. The third-order valence-corrected chi connectivity index (χ3v) is 4.44. The predicted molar refractivity (Wildman–Crippen MR) is 45.1 cm³/mol. The van der Waals surface area contributed by atoms with Crippen LogP contribution >= 0.6 is 0 Å². The molecular formula is C7HF13O3S. The molecule has 1 aliphatic rings. The maximum Gasteiger partial charge on any atom is 0.457 e. The van der Waals surface area contributed by atoms with E-state index in [1.165, 1.54) is 0 Å². The molecule has 0 radical (unpaired) electrons. The predicted octanol–water partition coefficient (Wildman–Crippen LogP) is 3.37. The molecular weight excluding hydrogens is 411 g/mol. The van der Waals surface area contributed by atoms with Gasteiger partial charge in [-0.15, -0.1) is 0 Å². The Balaban J connectivity index is 4.11. The first-order valence-corrected chi connectivity index (χ1v) is 6.37. The molecule has 2 unspecified atom stereocenters. The lowest BCUT2D eigenvalue weighted by atomic mass is 9.89. The summed E-state index contributed by atoms with van der Waals surface area (Å²) in [5, 5.41) is -7.53. The van der Waals surface area contributed by atoms with Gasteiger partial charge in [0.05, 0.1) is 0 Å². The topological polar surface area (TPSA) is 54.4 Å². The molecule has 144 valence electrons. The highest BCUT2D eigenvalue weighted by Gasteiger charge is 3.09. The van der Waals surface area contributed by atoms with Crippen LogP contribution in [0.15, 0.2) is 0 Å². The molecule has 1 N–H and O–H groups in total. The van der Waals surface area contributed by atoms with Crippen molar-refractivity contribution in [3.8, 4) is 0 Å². The Kier molecular flexibility index (Phi) is 3.85. The fourth-order valence-electron chi connectivity index (χ4n) is 1.95. The van der Waals surface area contributed by atoms with Crippen LogP contribution in [0.4, 0.5) is 57.1 Å². The molecule has 0 aromatic heterocycles. The maximum absolute atomic E-state index is 13.6. The van der Waals surface area contributed by atoms with Gasteiger partial charge in [0.1, 0.15) is 0 Å². The lowest BCUT2D eigenvalue weighted by Gasteiger charge is -2.38. The summed E-state index contributed by atoms with van der Waals surface area (Å²) in [6.07, 6.45) is -7.70. The minimum absolute atomic E-state index is 7.53. The van der Waals surface area contributed by atoms with Gasteiger partial charge in [0, 0.05) is 0 Å². The molecule has 0 aromatic carbocycles. The highest BCUT2D eigenvalue weighted by Crippen LogP contribution is 2.74. The number of hydrogen-bond donors (Lipinski definition) is 1. The molecule has 0 amide bonds. The SMILES string of the molecule is O=S(=O)(O)C1(F)C(F)(F)C(F)(F)C(F)(C(F)(F)C(F)(F)F)C1(F)F. The Morgan fingerprint density at radius 3 is 1.21 bits per heavy atom. The molecule has 1 rings (SSSR count). The molecule has 3 nitrogen and oxygen atoms in total. The molecule has 1 saturated carbocycles. The third kappa shape index (κ3) is 1.67. The van der Waals surface area contributed by atoms with Crippen LogP contribution in [0.1, 0.15) is 0 Å². The Morgan fingerprint density at radius 2 is 1.00 bits per heavy atom. The number of alkyl halides is 13. The normalized spacial score (nSPS) is 35.9. The quantitative estimate of drug-likeness (QED) is 0.559. The summed E-state index contributed by atoms with van der Waals surface area (Å²) in [5.41, 5.74) is -8.10. The van der Waals surface area contributed by atoms with Crippen molar-refractivity contribution in [3.05, 3.63) is 0 Å². The van der Waals surface area contributed by atoms with E-state index < -0.39 is 50.7 Å². The minimum atomic E-state index is -8.10. The number of halogens is 13. The first-order chi connectivity index (χ1) is 10.0. The van der Waals surface area contributed by atoms with Crippen molar-refractivity contribution < 1.29 is 70.0 Å². The smallest absolute Gasteiger partial charge is 0.283 e. The van der Waals surface area contributed by atoms with Crippen molar-refractivity contribution in [2.45, 2.75) is 40.5 Å².